The van der Waals surface area contributed by atoms with Gasteiger partial charge in [0, 0.05) is 5.39 Å². The molecule has 13 heavy (non-hydrogen) atoms. The highest BCUT2D eigenvalue weighted by Crippen LogP contribution is 2.21. The third-order valence-electron chi connectivity index (χ3n) is 1.78. The molecule has 1 heterocycles. The average Bonchev–Trinajstić information content (AvgIpc) is 2.61. The summed E-state index contributed by atoms with van der Waals surface area (Å²) in [5, 5.41) is 9.57. The van der Waals surface area contributed by atoms with E-state index in [1.54, 1.807) is 6.26 Å². The lowest BCUT2D eigenvalue weighted by Gasteiger charge is -2.02. The molecule has 0 atom stereocenters. The van der Waals surface area contributed by atoms with E-state index in [4.69, 9.17) is 14.3 Å². The van der Waals surface area contributed by atoms with Gasteiger partial charge < -0.3 is 14.3 Å². The predicted octanol–water partition coefficient (Wildman–Crippen LogP) is 1.80. The summed E-state index contributed by atoms with van der Waals surface area (Å²) >= 11 is 0. The number of aliphatic hydroxyl groups is 1. The van der Waals surface area contributed by atoms with Gasteiger partial charge in [-0.2, -0.15) is 0 Å². The van der Waals surface area contributed by atoms with Gasteiger partial charge in [0.2, 0.25) is 0 Å². The van der Waals surface area contributed by atoms with E-state index in [2.05, 4.69) is 0 Å². The molecule has 2 rings (SSSR count). The Morgan fingerprint density at radius 2 is 2.23 bits per heavy atom. The van der Waals surface area contributed by atoms with Crippen molar-refractivity contribution in [2.24, 2.45) is 0 Å². The Morgan fingerprint density at radius 1 is 1.31 bits per heavy atom. The number of ether oxygens (including phenoxy) is 1. The minimum absolute atomic E-state index is 0.0312. The van der Waals surface area contributed by atoms with Crippen LogP contribution < -0.4 is 4.74 Å². The molecule has 0 amide bonds. The van der Waals surface area contributed by atoms with Crippen molar-refractivity contribution in [2.45, 2.75) is 0 Å². The SMILES string of the molecule is OCCOc1ccc2occc2c1. The fourth-order valence-electron chi connectivity index (χ4n) is 1.20. The second kappa shape index (κ2) is 3.49. The van der Waals surface area contributed by atoms with Crippen molar-refractivity contribution in [3.05, 3.63) is 30.5 Å². The summed E-state index contributed by atoms with van der Waals surface area (Å²) in [4.78, 5) is 0. The number of hydrogen-bond acceptors (Lipinski definition) is 3. The molecule has 0 aliphatic carbocycles. The van der Waals surface area contributed by atoms with Gasteiger partial charge in [-0.1, -0.05) is 0 Å². The predicted molar refractivity (Wildman–Crippen MR) is 48.8 cm³/mol. The zero-order valence-electron chi connectivity index (χ0n) is 7.06. The van der Waals surface area contributed by atoms with Gasteiger partial charge in [0.25, 0.3) is 0 Å². The first kappa shape index (κ1) is 8.13. The lowest BCUT2D eigenvalue weighted by atomic mass is 10.2. The minimum Gasteiger partial charge on any atom is -0.491 e. The molecule has 0 fully saturated rings. The third kappa shape index (κ3) is 1.65. The standard InChI is InChI=1S/C10H10O3/c11-4-6-12-9-1-2-10-8(7-9)3-5-13-10/h1-3,5,7,11H,4,6H2. The topological polar surface area (TPSA) is 42.6 Å². The van der Waals surface area contributed by atoms with E-state index in [-0.39, 0.29) is 6.61 Å². The lowest BCUT2D eigenvalue weighted by Crippen LogP contribution is -2.00. The Bertz CT molecular complexity index is 392. The molecule has 0 spiro atoms. The largest absolute Gasteiger partial charge is 0.491 e. The molecule has 1 aromatic carbocycles. The van der Waals surface area contributed by atoms with Gasteiger partial charge >= 0.3 is 0 Å². The number of furan rings is 1. The van der Waals surface area contributed by atoms with Crippen molar-refractivity contribution in [1.82, 2.24) is 0 Å². The molecule has 68 valence electrons. The first-order valence-corrected chi connectivity index (χ1v) is 4.11. The normalized spacial score (nSPS) is 10.5. The van der Waals surface area contributed by atoms with Crippen LogP contribution in [0, 0.1) is 0 Å². The van der Waals surface area contributed by atoms with Gasteiger partial charge in [-0.25, -0.2) is 0 Å². The van der Waals surface area contributed by atoms with Crippen LogP contribution in [0.2, 0.25) is 0 Å². The van der Waals surface area contributed by atoms with Crippen molar-refractivity contribution in [3.8, 4) is 5.75 Å². The van der Waals surface area contributed by atoms with Crippen LogP contribution in [0.25, 0.3) is 11.0 Å². The molecule has 0 aliphatic heterocycles. The number of hydrogen-bond donors (Lipinski definition) is 1. The first-order chi connectivity index (χ1) is 6.40. The summed E-state index contributed by atoms with van der Waals surface area (Å²) in [6.45, 7) is 0.354. The summed E-state index contributed by atoms with van der Waals surface area (Å²) < 4.78 is 10.4. The minimum atomic E-state index is 0.0312. The maximum Gasteiger partial charge on any atom is 0.134 e. The molecule has 0 bridgehead atoms. The number of rotatable bonds is 3. The summed E-state index contributed by atoms with van der Waals surface area (Å²) in [5.74, 6) is 0.753. The van der Waals surface area contributed by atoms with Crippen molar-refractivity contribution in [1.29, 1.82) is 0 Å². The highest BCUT2D eigenvalue weighted by molar-refractivity contribution is 5.78. The Kier molecular flexibility index (Phi) is 2.19. The maximum absolute atomic E-state index is 8.56. The van der Waals surface area contributed by atoms with Gasteiger partial charge in [0.15, 0.2) is 0 Å². The van der Waals surface area contributed by atoms with E-state index in [1.807, 2.05) is 24.3 Å². The Hall–Kier alpha value is -1.48. The van der Waals surface area contributed by atoms with Gasteiger partial charge in [-0.05, 0) is 24.3 Å². The summed E-state index contributed by atoms with van der Waals surface area (Å²) in [5.41, 5.74) is 0.844. The fraction of sp³-hybridized carbons (Fsp3) is 0.200. The molecule has 2 aromatic rings. The van der Waals surface area contributed by atoms with Crippen LogP contribution >= 0.6 is 0 Å². The van der Waals surface area contributed by atoms with Crippen LogP contribution in [0.1, 0.15) is 0 Å². The number of aliphatic hydroxyl groups excluding tert-OH is 1. The van der Waals surface area contributed by atoms with E-state index in [1.165, 1.54) is 0 Å². The summed E-state index contributed by atoms with van der Waals surface area (Å²) in [7, 11) is 0. The third-order valence-corrected chi connectivity index (χ3v) is 1.78. The first-order valence-electron chi connectivity index (χ1n) is 4.11. The quantitative estimate of drug-likeness (QED) is 0.779. The van der Waals surface area contributed by atoms with Crippen molar-refractivity contribution >= 4 is 11.0 Å². The monoisotopic (exact) mass is 178 g/mol. The second-order valence-corrected chi connectivity index (χ2v) is 2.69. The smallest absolute Gasteiger partial charge is 0.134 e. The van der Waals surface area contributed by atoms with Crippen molar-refractivity contribution in [3.63, 3.8) is 0 Å². The Labute approximate surface area is 75.5 Å². The van der Waals surface area contributed by atoms with E-state index >= 15 is 0 Å². The fourth-order valence-corrected chi connectivity index (χ4v) is 1.20. The van der Waals surface area contributed by atoms with Crippen molar-refractivity contribution < 1.29 is 14.3 Å². The lowest BCUT2D eigenvalue weighted by molar-refractivity contribution is 0.201. The molecular weight excluding hydrogens is 168 g/mol. The molecule has 0 unspecified atom stereocenters. The van der Waals surface area contributed by atoms with Crippen LogP contribution in [0.3, 0.4) is 0 Å². The second-order valence-electron chi connectivity index (χ2n) is 2.69. The zero-order chi connectivity index (χ0) is 9.10. The van der Waals surface area contributed by atoms with Gasteiger partial charge in [-0.15, -0.1) is 0 Å². The highest BCUT2D eigenvalue weighted by atomic mass is 16.5. The van der Waals surface area contributed by atoms with Gasteiger partial charge in [0.05, 0.1) is 12.9 Å². The van der Waals surface area contributed by atoms with E-state index in [9.17, 15) is 0 Å². The molecule has 0 aliphatic rings. The number of benzene rings is 1. The molecule has 0 radical (unpaired) electrons. The van der Waals surface area contributed by atoms with Crippen molar-refractivity contribution in [2.75, 3.05) is 13.2 Å². The molecule has 0 saturated carbocycles. The number of fused-ring (bicyclic) bond motifs is 1. The average molecular weight is 178 g/mol. The molecule has 1 aromatic heterocycles. The molecule has 3 nitrogen and oxygen atoms in total. The van der Waals surface area contributed by atoms with Gasteiger partial charge in [-0.3, -0.25) is 0 Å². The summed E-state index contributed by atoms with van der Waals surface area (Å²) in [6, 6.07) is 7.43. The van der Waals surface area contributed by atoms with Crippen LogP contribution in [0.15, 0.2) is 34.9 Å². The molecule has 3 heteroatoms. The summed E-state index contributed by atoms with van der Waals surface area (Å²) in [6.07, 6.45) is 1.64. The Morgan fingerprint density at radius 3 is 3.08 bits per heavy atom. The van der Waals surface area contributed by atoms with E-state index in [0.717, 1.165) is 16.7 Å². The van der Waals surface area contributed by atoms with Gasteiger partial charge in [0.1, 0.15) is 17.9 Å². The zero-order valence-corrected chi connectivity index (χ0v) is 7.06. The van der Waals surface area contributed by atoms with E-state index in [0.29, 0.717) is 6.61 Å². The van der Waals surface area contributed by atoms with Crippen LogP contribution in [0.5, 0.6) is 5.75 Å². The maximum atomic E-state index is 8.56. The Balaban J connectivity index is 2.26. The molecule has 1 N–H and O–H groups in total. The van der Waals surface area contributed by atoms with E-state index < -0.39 is 0 Å². The van der Waals surface area contributed by atoms with Crippen LogP contribution in [0.4, 0.5) is 0 Å². The molecule has 0 saturated heterocycles. The molecular formula is C10H10O3. The van der Waals surface area contributed by atoms with Crippen LogP contribution in [-0.4, -0.2) is 18.3 Å². The highest BCUT2D eigenvalue weighted by Gasteiger charge is 1.98. The van der Waals surface area contributed by atoms with Crippen LogP contribution in [-0.2, 0) is 0 Å².